The molecule has 0 heterocycles. The van der Waals surface area contributed by atoms with Gasteiger partial charge in [0.05, 0.1) is 39.9 Å². The van der Waals surface area contributed by atoms with E-state index >= 15 is 0 Å². The largest absolute Gasteiger partial charge is 0.756 e. The number of nitrogens with zero attached hydrogens (tertiary/aromatic N) is 1. The molecule has 3 atom stereocenters. The van der Waals surface area contributed by atoms with E-state index in [0.717, 1.165) is 70.6 Å². The van der Waals surface area contributed by atoms with Crippen molar-refractivity contribution in [3.05, 3.63) is 48.6 Å². The zero-order valence-corrected chi connectivity index (χ0v) is 33.0. The van der Waals surface area contributed by atoms with Gasteiger partial charge in [-0.05, 0) is 64.2 Å². The third-order valence-corrected chi connectivity index (χ3v) is 9.18. The van der Waals surface area contributed by atoms with Gasteiger partial charge >= 0.3 is 0 Å². The van der Waals surface area contributed by atoms with E-state index in [0.29, 0.717) is 17.4 Å². The summed E-state index contributed by atoms with van der Waals surface area (Å²) < 4.78 is 23.0. The van der Waals surface area contributed by atoms with Crippen LogP contribution >= 0.6 is 7.82 Å². The zero-order valence-electron chi connectivity index (χ0n) is 32.1. The molecule has 0 aliphatic heterocycles. The summed E-state index contributed by atoms with van der Waals surface area (Å²) in [4.78, 5) is 25.1. The smallest absolute Gasteiger partial charge is 0.268 e. The molecule has 1 amide bonds. The van der Waals surface area contributed by atoms with Crippen LogP contribution in [0.3, 0.4) is 0 Å². The number of quaternary nitrogens is 1. The fourth-order valence-electron chi connectivity index (χ4n) is 5.07. The number of carbonyl (C=O) groups excluding carboxylic acids is 1. The standard InChI is InChI=1S/C40H75N2O6P/c1-6-8-10-12-14-16-18-19-20-21-22-24-26-28-30-32-34-40(44)41-38(37-48-49(45,46)47-36-35-42(3,4)5)39(43)33-31-29-27-25-23-17-15-13-11-9-7-2/h11,13,20-21,23,25,31,33,38-39,43H,6-10,12,14-19,22,24,26-30,32,34-37H2,1-5H3,(H-,41,44,45,46)/b13-11+,21-20-,25-23+,33-31+. The first-order chi connectivity index (χ1) is 23.5. The van der Waals surface area contributed by atoms with E-state index in [4.69, 9.17) is 9.05 Å². The highest BCUT2D eigenvalue weighted by molar-refractivity contribution is 7.45. The first-order valence-corrected chi connectivity index (χ1v) is 21.0. The van der Waals surface area contributed by atoms with E-state index in [-0.39, 0.29) is 12.5 Å². The maximum absolute atomic E-state index is 12.8. The van der Waals surface area contributed by atoms with E-state index in [1.54, 1.807) is 6.08 Å². The third kappa shape index (κ3) is 34.7. The molecule has 9 heteroatoms. The Morgan fingerprint density at radius 3 is 1.73 bits per heavy atom. The number of nitrogens with one attached hydrogen (secondary N) is 1. The van der Waals surface area contributed by atoms with Gasteiger partial charge in [-0.2, -0.15) is 0 Å². The number of allylic oxidation sites excluding steroid dienone is 7. The number of aliphatic hydroxyl groups excluding tert-OH is 1. The van der Waals surface area contributed by atoms with Crippen molar-refractivity contribution in [3.8, 4) is 0 Å². The highest BCUT2D eigenvalue weighted by atomic mass is 31.2. The van der Waals surface area contributed by atoms with Crippen molar-refractivity contribution in [2.24, 2.45) is 0 Å². The molecule has 0 spiro atoms. The van der Waals surface area contributed by atoms with Gasteiger partial charge in [-0.25, -0.2) is 0 Å². The predicted octanol–water partition coefficient (Wildman–Crippen LogP) is 9.50. The average Bonchev–Trinajstić information content (AvgIpc) is 3.04. The lowest BCUT2D eigenvalue weighted by Crippen LogP contribution is -2.45. The summed E-state index contributed by atoms with van der Waals surface area (Å²) in [6.07, 6.45) is 38.7. The summed E-state index contributed by atoms with van der Waals surface area (Å²) in [6.45, 7) is 4.50. The van der Waals surface area contributed by atoms with Crippen LogP contribution in [0, 0.1) is 0 Å². The molecule has 49 heavy (non-hydrogen) atoms. The fourth-order valence-corrected chi connectivity index (χ4v) is 5.79. The number of unbranched alkanes of at least 4 members (excludes halogenated alkanes) is 15. The van der Waals surface area contributed by atoms with Crippen molar-refractivity contribution < 1.29 is 32.9 Å². The minimum Gasteiger partial charge on any atom is -0.756 e. The minimum absolute atomic E-state index is 0.0121. The normalized spacial score (nSPS) is 15.2. The van der Waals surface area contributed by atoms with Crippen molar-refractivity contribution in [3.63, 3.8) is 0 Å². The topological polar surface area (TPSA) is 108 Å². The molecule has 0 saturated heterocycles. The Bertz CT molecular complexity index is 944. The summed E-state index contributed by atoms with van der Waals surface area (Å²) in [5.74, 6) is -0.225. The van der Waals surface area contributed by atoms with Gasteiger partial charge in [-0.1, -0.05) is 127 Å². The second kappa shape index (κ2) is 32.4. The molecule has 0 rings (SSSR count). The Morgan fingerprint density at radius 2 is 1.18 bits per heavy atom. The molecular formula is C40H75N2O6P. The summed E-state index contributed by atoms with van der Waals surface area (Å²) in [7, 11) is 1.22. The minimum atomic E-state index is -4.59. The molecule has 0 radical (unpaired) electrons. The van der Waals surface area contributed by atoms with Gasteiger partial charge in [0.25, 0.3) is 7.82 Å². The zero-order chi connectivity index (χ0) is 36.5. The van der Waals surface area contributed by atoms with Gasteiger partial charge in [-0.15, -0.1) is 0 Å². The quantitative estimate of drug-likeness (QED) is 0.0298. The van der Waals surface area contributed by atoms with Crippen LogP contribution in [0.25, 0.3) is 0 Å². The number of carbonyl (C=O) groups is 1. The number of rotatable bonds is 34. The molecule has 0 aromatic heterocycles. The van der Waals surface area contributed by atoms with Gasteiger partial charge < -0.3 is 28.8 Å². The maximum Gasteiger partial charge on any atom is 0.268 e. The van der Waals surface area contributed by atoms with Gasteiger partial charge in [0.1, 0.15) is 13.2 Å². The first-order valence-electron chi connectivity index (χ1n) is 19.5. The average molecular weight is 711 g/mol. The van der Waals surface area contributed by atoms with Crippen LogP contribution in [0.15, 0.2) is 48.6 Å². The number of likely N-dealkylation sites (N-methyl/N-ethyl adjacent to an activating group) is 1. The summed E-state index contributed by atoms with van der Waals surface area (Å²) in [6, 6.07) is -0.911. The van der Waals surface area contributed by atoms with E-state index in [1.165, 1.54) is 57.8 Å². The van der Waals surface area contributed by atoms with Crippen molar-refractivity contribution in [1.82, 2.24) is 5.32 Å². The molecule has 0 aromatic rings. The van der Waals surface area contributed by atoms with E-state index in [9.17, 15) is 19.4 Å². The van der Waals surface area contributed by atoms with Crippen LogP contribution in [0.5, 0.6) is 0 Å². The Kier molecular flexibility index (Phi) is 31.4. The van der Waals surface area contributed by atoms with Gasteiger partial charge in [-0.3, -0.25) is 9.36 Å². The number of hydrogen-bond donors (Lipinski definition) is 2. The van der Waals surface area contributed by atoms with E-state index < -0.39 is 26.6 Å². The van der Waals surface area contributed by atoms with Gasteiger partial charge in [0.15, 0.2) is 0 Å². The first kappa shape index (κ1) is 47.5. The van der Waals surface area contributed by atoms with Gasteiger partial charge in [0.2, 0.25) is 5.91 Å². The fraction of sp³-hybridized carbons (Fsp3) is 0.775. The Morgan fingerprint density at radius 1 is 0.694 bits per heavy atom. The SMILES string of the molecule is CCC/C=C/CC/C=C/CC/C=C/C(O)C(COP(=O)([O-])OCC[N+](C)(C)C)NC(=O)CCCCCCC/C=C\CCCCCCCCC. The van der Waals surface area contributed by atoms with E-state index in [1.807, 2.05) is 27.2 Å². The number of aliphatic hydroxyl groups is 1. The Hall–Kier alpha value is -1.54. The molecular weight excluding hydrogens is 635 g/mol. The van der Waals surface area contributed by atoms with Crippen molar-refractivity contribution in [2.75, 3.05) is 40.9 Å². The molecule has 0 saturated carbocycles. The molecule has 8 nitrogen and oxygen atoms in total. The molecule has 0 aliphatic carbocycles. The number of hydrogen-bond acceptors (Lipinski definition) is 6. The highest BCUT2D eigenvalue weighted by Gasteiger charge is 2.23. The predicted molar refractivity (Wildman–Crippen MR) is 205 cm³/mol. The lowest BCUT2D eigenvalue weighted by atomic mass is 10.1. The van der Waals surface area contributed by atoms with Crippen LogP contribution in [0.4, 0.5) is 0 Å². The number of phosphoric acid groups is 1. The lowest BCUT2D eigenvalue weighted by Gasteiger charge is -2.29. The summed E-state index contributed by atoms with van der Waals surface area (Å²) in [5.41, 5.74) is 0. The molecule has 286 valence electrons. The summed E-state index contributed by atoms with van der Waals surface area (Å²) >= 11 is 0. The molecule has 2 N–H and O–H groups in total. The Balaban J connectivity index is 4.56. The third-order valence-electron chi connectivity index (χ3n) is 8.22. The Labute approximate surface area is 301 Å². The van der Waals surface area contributed by atoms with Crippen LogP contribution in [0.2, 0.25) is 0 Å². The van der Waals surface area contributed by atoms with Crippen molar-refractivity contribution in [1.29, 1.82) is 0 Å². The monoisotopic (exact) mass is 711 g/mol. The van der Waals surface area contributed by atoms with Crippen LogP contribution in [-0.4, -0.2) is 68.5 Å². The van der Waals surface area contributed by atoms with Crippen molar-refractivity contribution >= 4 is 13.7 Å². The van der Waals surface area contributed by atoms with Crippen LogP contribution in [0.1, 0.15) is 149 Å². The van der Waals surface area contributed by atoms with Crippen LogP contribution in [-0.2, 0) is 18.4 Å². The lowest BCUT2D eigenvalue weighted by molar-refractivity contribution is -0.870. The highest BCUT2D eigenvalue weighted by Crippen LogP contribution is 2.38. The second-order valence-electron chi connectivity index (χ2n) is 14.3. The molecule has 0 fully saturated rings. The van der Waals surface area contributed by atoms with Gasteiger partial charge in [0, 0.05) is 6.42 Å². The molecule has 0 aromatic carbocycles. The number of phosphoric ester groups is 1. The molecule has 0 aliphatic rings. The van der Waals surface area contributed by atoms with E-state index in [2.05, 4.69) is 55.6 Å². The summed E-state index contributed by atoms with van der Waals surface area (Å²) in [5, 5.41) is 13.6. The second-order valence-corrected chi connectivity index (χ2v) is 15.7. The number of amides is 1. The molecule has 3 unspecified atom stereocenters. The van der Waals surface area contributed by atoms with Crippen molar-refractivity contribution in [2.45, 2.75) is 161 Å². The maximum atomic E-state index is 12.8. The molecule has 0 bridgehead atoms. The van der Waals surface area contributed by atoms with Crippen LogP contribution < -0.4 is 10.2 Å².